The highest BCUT2D eigenvalue weighted by Gasteiger charge is 2.10. The maximum atomic E-state index is 11.9. The fraction of sp³-hybridized carbons (Fsp3) is 0.0625. The Hall–Kier alpha value is -2.95. The van der Waals surface area contributed by atoms with Crippen LogP contribution in [0.25, 0.3) is 22.4 Å². The van der Waals surface area contributed by atoms with E-state index in [2.05, 4.69) is 9.72 Å². The lowest BCUT2D eigenvalue weighted by molar-refractivity contribution is 0.0601. The number of hydrogen-bond acceptors (Lipinski definition) is 5. The minimum absolute atomic E-state index is 0.218. The van der Waals surface area contributed by atoms with Crippen molar-refractivity contribution in [2.45, 2.75) is 0 Å². The second kappa shape index (κ2) is 5.20. The summed E-state index contributed by atoms with van der Waals surface area (Å²) in [6.45, 7) is 0. The van der Waals surface area contributed by atoms with E-state index in [0.717, 1.165) is 0 Å². The lowest BCUT2D eigenvalue weighted by Crippen LogP contribution is -2.03. The van der Waals surface area contributed by atoms with Gasteiger partial charge in [0.2, 0.25) is 5.89 Å². The smallest absolute Gasteiger partial charge is 0.347 e. The summed E-state index contributed by atoms with van der Waals surface area (Å²) in [6, 6.07) is 13.5. The maximum absolute atomic E-state index is 11.9. The minimum Gasteiger partial charge on any atom is -0.465 e. The molecule has 0 saturated heterocycles. The van der Waals surface area contributed by atoms with E-state index in [1.807, 2.05) is 0 Å². The zero-order valence-corrected chi connectivity index (χ0v) is 11.2. The van der Waals surface area contributed by atoms with Gasteiger partial charge in [-0.1, -0.05) is 12.1 Å². The predicted molar refractivity (Wildman–Crippen MR) is 77.1 cm³/mol. The molecule has 0 aliphatic carbocycles. The summed E-state index contributed by atoms with van der Waals surface area (Å²) >= 11 is 0. The number of ether oxygens (including phenoxy) is 1. The summed E-state index contributed by atoms with van der Waals surface area (Å²) < 4.78 is 9.85. The number of hydrogen-bond donors (Lipinski definition) is 0. The maximum Gasteiger partial charge on any atom is 0.347 e. The molecular weight excluding hydrogens is 270 g/mol. The van der Waals surface area contributed by atoms with Crippen LogP contribution in [0.2, 0.25) is 0 Å². The number of nitrogens with zero attached hydrogens (tertiary/aromatic N) is 1. The van der Waals surface area contributed by atoms with Gasteiger partial charge in [-0.25, -0.2) is 14.6 Å². The van der Waals surface area contributed by atoms with Crippen molar-refractivity contribution < 1.29 is 13.9 Å². The van der Waals surface area contributed by atoms with Crippen molar-refractivity contribution in [1.82, 2.24) is 4.98 Å². The Bertz CT molecular complexity index is 865. The van der Waals surface area contributed by atoms with Crippen LogP contribution in [-0.2, 0) is 4.74 Å². The van der Waals surface area contributed by atoms with Crippen LogP contribution in [0, 0.1) is 0 Å². The van der Waals surface area contributed by atoms with Gasteiger partial charge in [0.15, 0.2) is 0 Å². The van der Waals surface area contributed by atoms with Gasteiger partial charge in [0, 0.05) is 5.56 Å². The number of methoxy groups -OCH3 is 1. The highest BCUT2D eigenvalue weighted by Crippen LogP contribution is 2.19. The topological polar surface area (TPSA) is 69.4 Å². The van der Waals surface area contributed by atoms with Gasteiger partial charge in [-0.05, 0) is 36.4 Å². The standard InChI is InChI=1S/C16H11NO4/c1-20-15(18)11-8-6-10(7-9-11)14-17-13-5-3-2-4-12(13)16(19)21-14/h2-9H,1H3. The first-order valence-corrected chi connectivity index (χ1v) is 6.27. The van der Waals surface area contributed by atoms with Crippen molar-refractivity contribution in [3.05, 3.63) is 64.5 Å². The molecule has 1 heterocycles. The molecule has 0 aliphatic rings. The lowest BCUT2D eigenvalue weighted by atomic mass is 10.1. The van der Waals surface area contributed by atoms with E-state index in [1.54, 1.807) is 48.5 Å². The summed E-state index contributed by atoms with van der Waals surface area (Å²) in [6.07, 6.45) is 0. The predicted octanol–water partition coefficient (Wildman–Crippen LogP) is 2.64. The summed E-state index contributed by atoms with van der Waals surface area (Å²) in [7, 11) is 1.32. The number of esters is 1. The van der Waals surface area contributed by atoms with Gasteiger partial charge >= 0.3 is 11.6 Å². The second-order valence-corrected chi connectivity index (χ2v) is 4.39. The quantitative estimate of drug-likeness (QED) is 0.675. The van der Waals surface area contributed by atoms with Crippen LogP contribution in [0.5, 0.6) is 0 Å². The molecule has 5 nitrogen and oxygen atoms in total. The van der Waals surface area contributed by atoms with E-state index in [9.17, 15) is 9.59 Å². The Kier molecular flexibility index (Phi) is 3.23. The highest BCUT2D eigenvalue weighted by molar-refractivity contribution is 5.89. The summed E-state index contributed by atoms with van der Waals surface area (Å²) in [5.74, 6) is -0.204. The largest absolute Gasteiger partial charge is 0.465 e. The molecule has 0 fully saturated rings. The second-order valence-electron chi connectivity index (χ2n) is 4.39. The Morgan fingerprint density at radius 1 is 1.10 bits per heavy atom. The SMILES string of the molecule is COC(=O)c1ccc(-c2nc3ccccc3c(=O)o2)cc1. The Balaban J connectivity index is 2.08. The third-order valence-electron chi connectivity index (χ3n) is 3.09. The van der Waals surface area contributed by atoms with Crippen molar-refractivity contribution in [2.75, 3.05) is 7.11 Å². The molecule has 5 heteroatoms. The van der Waals surface area contributed by atoms with E-state index < -0.39 is 11.6 Å². The number of benzene rings is 2. The molecule has 0 unspecified atom stereocenters. The average molecular weight is 281 g/mol. The summed E-state index contributed by atoms with van der Waals surface area (Å²) in [5, 5.41) is 0.437. The number of aromatic nitrogens is 1. The molecule has 1 aromatic heterocycles. The van der Waals surface area contributed by atoms with Crippen molar-refractivity contribution in [1.29, 1.82) is 0 Å². The molecule has 0 N–H and O–H groups in total. The molecule has 0 aliphatic heterocycles. The fourth-order valence-corrected chi connectivity index (χ4v) is 2.01. The third-order valence-corrected chi connectivity index (χ3v) is 3.09. The normalized spacial score (nSPS) is 10.5. The number of carbonyl (C=O) groups excluding carboxylic acids is 1. The van der Waals surface area contributed by atoms with Gasteiger partial charge in [0.25, 0.3) is 0 Å². The van der Waals surface area contributed by atoms with Gasteiger partial charge in [-0.2, -0.15) is 0 Å². The molecule has 21 heavy (non-hydrogen) atoms. The van der Waals surface area contributed by atoms with E-state index >= 15 is 0 Å². The minimum atomic E-state index is -0.437. The Morgan fingerprint density at radius 3 is 2.52 bits per heavy atom. The average Bonchev–Trinajstić information content (AvgIpc) is 2.54. The van der Waals surface area contributed by atoms with E-state index in [0.29, 0.717) is 22.0 Å². The first kappa shape index (κ1) is 13.1. The van der Waals surface area contributed by atoms with Gasteiger partial charge in [0.1, 0.15) is 0 Å². The van der Waals surface area contributed by atoms with E-state index in [1.165, 1.54) is 7.11 Å². The zero-order chi connectivity index (χ0) is 14.8. The Morgan fingerprint density at radius 2 is 1.81 bits per heavy atom. The molecule has 0 saturated carbocycles. The monoisotopic (exact) mass is 281 g/mol. The molecule has 0 bridgehead atoms. The molecular formula is C16H11NO4. The molecule has 3 rings (SSSR count). The fourth-order valence-electron chi connectivity index (χ4n) is 2.01. The molecule has 0 amide bonds. The van der Waals surface area contributed by atoms with Crippen molar-refractivity contribution in [3.8, 4) is 11.5 Å². The van der Waals surface area contributed by atoms with Crippen LogP contribution >= 0.6 is 0 Å². The number of rotatable bonds is 2. The van der Waals surface area contributed by atoms with Crippen LogP contribution in [0.3, 0.4) is 0 Å². The van der Waals surface area contributed by atoms with Gasteiger partial charge < -0.3 is 9.15 Å². The zero-order valence-electron chi connectivity index (χ0n) is 11.2. The van der Waals surface area contributed by atoms with Crippen LogP contribution in [0.4, 0.5) is 0 Å². The molecule has 104 valence electrons. The van der Waals surface area contributed by atoms with Crippen LogP contribution < -0.4 is 5.63 Å². The van der Waals surface area contributed by atoms with E-state index in [-0.39, 0.29) is 5.89 Å². The van der Waals surface area contributed by atoms with Crippen molar-refractivity contribution in [3.63, 3.8) is 0 Å². The number of fused-ring (bicyclic) bond motifs is 1. The highest BCUT2D eigenvalue weighted by atomic mass is 16.5. The van der Waals surface area contributed by atoms with Crippen LogP contribution in [0.15, 0.2) is 57.7 Å². The van der Waals surface area contributed by atoms with Gasteiger partial charge in [-0.15, -0.1) is 0 Å². The summed E-state index contributed by atoms with van der Waals surface area (Å²) in [4.78, 5) is 27.6. The van der Waals surface area contributed by atoms with Gasteiger partial charge in [-0.3, -0.25) is 0 Å². The Labute approximate surface area is 119 Å². The van der Waals surface area contributed by atoms with Crippen LogP contribution in [0.1, 0.15) is 10.4 Å². The van der Waals surface area contributed by atoms with E-state index in [4.69, 9.17) is 4.42 Å². The van der Waals surface area contributed by atoms with Gasteiger partial charge in [0.05, 0.1) is 23.6 Å². The number of para-hydroxylation sites is 1. The first-order chi connectivity index (χ1) is 10.2. The third kappa shape index (κ3) is 2.41. The molecule has 0 radical (unpaired) electrons. The molecule has 3 aromatic rings. The van der Waals surface area contributed by atoms with Crippen molar-refractivity contribution in [2.24, 2.45) is 0 Å². The molecule has 2 aromatic carbocycles. The summed E-state index contributed by atoms with van der Waals surface area (Å²) in [5.41, 5.74) is 1.17. The molecule has 0 spiro atoms. The first-order valence-electron chi connectivity index (χ1n) is 6.27. The number of carbonyl (C=O) groups is 1. The van der Waals surface area contributed by atoms with Crippen LogP contribution in [-0.4, -0.2) is 18.1 Å². The molecule has 0 atom stereocenters. The van der Waals surface area contributed by atoms with Crippen molar-refractivity contribution >= 4 is 16.9 Å². The lowest BCUT2D eigenvalue weighted by Gasteiger charge is -2.03.